The van der Waals surface area contributed by atoms with E-state index in [2.05, 4.69) is 0 Å². The van der Waals surface area contributed by atoms with Gasteiger partial charge in [-0.25, -0.2) is 0 Å². The SMILES string of the molecule is CCOP(=O)(OCC)C(=O)c1cc(CSC#N)c(C)o1. The van der Waals surface area contributed by atoms with Crippen LogP contribution in [0, 0.1) is 17.6 Å². The van der Waals surface area contributed by atoms with Crippen LogP contribution in [-0.4, -0.2) is 18.7 Å². The van der Waals surface area contributed by atoms with Gasteiger partial charge in [0.2, 0.25) is 0 Å². The highest BCUT2D eigenvalue weighted by molar-refractivity contribution is 8.02. The van der Waals surface area contributed by atoms with Crippen LogP contribution in [-0.2, 0) is 19.4 Å². The first-order valence-corrected chi connectivity index (χ1v) is 8.55. The molecule has 0 radical (unpaired) electrons. The molecule has 0 bridgehead atoms. The third kappa shape index (κ3) is 3.97. The highest BCUT2D eigenvalue weighted by Gasteiger charge is 2.37. The molecule has 0 aliphatic heterocycles. The van der Waals surface area contributed by atoms with E-state index in [0.29, 0.717) is 17.1 Å². The van der Waals surface area contributed by atoms with E-state index in [-0.39, 0.29) is 19.0 Å². The molecule has 1 aromatic heterocycles. The van der Waals surface area contributed by atoms with Crippen molar-refractivity contribution in [2.24, 2.45) is 0 Å². The molecule has 1 heterocycles. The van der Waals surface area contributed by atoms with E-state index < -0.39 is 13.1 Å². The maximum absolute atomic E-state index is 12.3. The van der Waals surface area contributed by atoms with E-state index in [9.17, 15) is 9.36 Å². The summed E-state index contributed by atoms with van der Waals surface area (Å²) in [6, 6.07) is 1.48. The quantitative estimate of drug-likeness (QED) is 0.533. The van der Waals surface area contributed by atoms with Crippen molar-refractivity contribution in [3.8, 4) is 5.40 Å². The van der Waals surface area contributed by atoms with Gasteiger partial charge in [0.15, 0.2) is 5.76 Å². The Bertz CT molecular complexity index is 553. The Labute approximate surface area is 122 Å². The van der Waals surface area contributed by atoms with Gasteiger partial charge >= 0.3 is 13.1 Å². The zero-order valence-electron chi connectivity index (χ0n) is 11.5. The molecular formula is C12H16NO5PS. The van der Waals surface area contributed by atoms with Crippen LogP contribution in [0.5, 0.6) is 0 Å². The number of thioether (sulfide) groups is 1. The van der Waals surface area contributed by atoms with Crippen molar-refractivity contribution in [3.63, 3.8) is 0 Å². The average Bonchev–Trinajstić information content (AvgIpc) is 2.77. The molecule has 0 aliphatic carbocycles. The molecule has 0 saturated heterocycles. The van der Waals surface area contributed by atoms with Gasteiger partial charge in [0.05, 0.1) is 13.2 Å². The van der Waals surface area contributed by atoms with Gasteiger partial charge in [-0.2, -0.15) is 5.26 Å². The monoisotopic (exact) mass is 317 g/mol. The second-order valence-corrected chi connectivity index (χ2v) is 6.39. The molecule has 20 heavy (non-hydrogen) atoms. The van der Waals surface area contributed by atoms with Crippen LogP contribution in [0.4, 0.5) is 0 Å². The summed E-state index contributed by atoms with van der Waals surface area (Å²) in [5.74, 6) is 0.837. The number of carbonyl (C=O) groups is 1. The minimum Gasteiger partial charge on any atom is -0.457 e. The number of aryl methyl sites for hydroxylation is 1. The molecule has 0 aromatic carbocycles. The smallest absolute Gasteiger partial charge is 0.404 e. The van der Waals surface area contributed by atoms with E-state index in [0.717, 1.165) is 11.8 Å². The van der Waals surface area contributed by atoms with Crippen LogP contribution in [0.15, 0.2) is 10.5 Å². The summed E-state index contributed by atoms with van der Waals surface area (Å²) in [7, 11) is -3.87. The first-order valence-electron chi connectivity index (χ1n) is 6.02. The number of hydrogen-bond acceptors (Lipinski definition) is 7. The molecule has 0 fully saturated rings. The van der Waals surface area contributed by atoms with Crippen molar-refractivity contribution in [2.45, 2.75) is 26.5 Å². The second kappa shape index (κ2) is 7.65. The molecule has 0 saturated carbocycles. The van der Waals surface area contributed by atoms with Gasteiger partial charge in [-0.3, -0.25) is 9.36 Å². The molecule has 110 valence electrons. The Hall–Kier alpha value is -1.06. The summed E-state index contributed by atoms with van der Waals surface area (Å²) < 4.78 is 27.6. The van der Waals surface area contributed by atoms with Gasteiger partial charge in [-0.05, 0) is 38.6 Å². The fraction of sp³-hybridized carbons (Fsp3) is 0.500. The number of nitrogens with zero attached hydrogens (tertiary/aromatic N) is 1. The predicted octanol–water partition coefficient (Wildman–Crippen LogP) is 3.71. The summed E-state index contributed by atoms with van der Waals surface area (Å²) in [6.07, 6.45) is 0. The molecule has 0 aliphatic rings. The van der Waals surface area contributed by atoms with E-state index in [1.807, 2.05) is 5.40 Å². The zero-order chi connectivity index (χ0) is 15.2. The van der Waals surface area contributed by atoms with Gasteiger partial charge in [0.25, 0.3) is 0 Å². The lowest BCUT2D eigenvalue weighted by atomic mass is 10.3. The van der Waals surface area contributed by atoms with E-state index in [1.54, 1.807) is 20.8 Å². The molecule has 0 spiro atoms. The molecule has 1 aromatic rings. The van der Waals surface area contributed by atoms with Crippen molar-refractivity contribution >= 4 is 24.9 Å². The summed E-state index contributed by atoms with van der Waals surface area (Å²) in [5.41, 5.74) is -0.0862. The molecular weight excluding hydrogens is 301 g/mol. The topological polar surface area (TPSA) is 89.5 Å². The lowest BCUT2D eigenvalue weighted by Crippen LogP contribution is -2.06. The maximum Gasteiger partial charge on any atom is 0.404 e. The summed E-state index contributed by atoms with van der Waals surface area (Å²) in [5, 5.41) is 10.5. The van der Waals surface area contributed by atoms with Crippen LogP contribution in [0.25, 0.3) is 0 Å². The number of nitriles is 1. The lowest BCUT2D eigenvalue weighted by molar-refractivity contribution is 0.0975. The minimum absolute atomic E-state index is 0.0683. The van der Waals surface area contributed by atoms with E-state index >= 15 is 0 Å². The maximum atomic E-state index is 12.3. The summed E-state index contributed by atoms with van der Waals surface area (Å²) in [4.78, 5) is 12.2. The highest BCUT2D eigenvalue weighted by atomic mass is 32.2. The Balaban J connectivity index is 3.01. The van der Waals surface area contributed by atoms with Crippen molar-refractivity contribution < 1.29 is 22.8 Å². The largest absolute Gasteiger partial charge is 0.457 e. The molecule has 0 unspecified atom stereocenters. The van der Waals surface area contributed by atoms with Gasteiger partial charge in [0, 0.05) is 11.3 Å². The number of rotatable bonds is 8. The van der Waals surface area contributed by atoms with Gasteiger partial charge < -0.3 is 13.5 Å². The predicted molar refractivity (Wildman–Crippen MR) is 75.5 cm³/mol. The van der Waals surface area contributed by atoms with Crippen molar-refractivity contribution in [1.82, 2.24) is 0 Å². The average molecular weight is 317 g/mol. The number of thiocyanates is 1. The van der Waals surface area contributed by atoms with Crippen LogP contribution in [0.2, 0.25) is 0 Å². The van der Waals surface area contributed by atoms with Crippen molar-refractivity contribution in [2.75, 3.05) is 13.2 Å². The number of hydrogen-bond donors (Lipinski definition) is 0. The Morgan fingerprint density at radius 2 is 2.05 bits per heavy atom. The third-order valence-electron chi connectivity index (χ3n) is 2.37. The molecule has 0 atom stereocenters. The van der Waals surface area contributed by atoms with E-state index in [4.69, 9.17) is 18.7 Å². The summed E-state index contributed by atoms with van der Waals surface area (Å²) in [6.45, 7) is 5.12. The normalized spacial score (nSPS) is 11.3. The van der Waals surface area contributed by atoms with Gasteiger partial charge in [0.1, 0.15) is 11.2 Å². The molecule has 8 heteroatoms. The first kappa shape index (κ1) is 17.0. The van der Waals surface area contributed by atoms with Gasteiger partial charge in [-0.15, -0.1) is 0 Å². The van der Waals surface area contributed by atoms with Crippen LogP contribution < -0.4 is 0 Å². The number of carbonyl (C=O) groups excluding carboxylic acids is 1. The molecule has 1 rings (SSSR count). The lowest BCUT2D eigenvalue weighted by Gasteiger charge is -2.13. The minimum atomic E-state index is -3.87. The van der Waals surface area contributed by atoms with Gasteiger partial charge in [-0.1, -0.05) is 0 Å². The van der Waals surface area contributed by atoms with E-state index in [1.165, 1.54) is 6.07 Å². The fourth-order valence-corrected chi connectivity index (χ4v) is 3.38. The second-order valence-electron chi connectivity index (χ2n) is 3.71. The standard InChI is InChI=1S/C12H16NO5PS/c1-4-16-19(15,17-5-2)12(14)11-6-10(7-20-8-13)9(3)18-11/h6H,4-5,7H2,1-3H3. The van der Waals surface area contributed by atoms with Crippen LogP contribution in [0.1, 0.15) is 35.7 Å². The molecule has 0 amide bonds. The molecule has 0 N–H and O–H groups in total. The van der Waals surface area contributed by atoms with Crippen LogP contribution in [0.3, 0.4) is 0 Å². The Kier molecular flexibility index (Phi) is 6.50. The van der Waals surface area contributed by atoms with Crippen molar-refractivity contribution in [3.05, 3.63) is 23.2 Å². The Morgan fingerprint density at radius 1 is 1.45 bits per heavy atom. The first-order chi connectivity index (χ1) is 9.48. The van der Waals surface area contributed by atoms with Crippen molar-refractivity contribution in [1.29, 1.82) is 5.26 Å². The van der Waals surface area contributed by atoms with Crippen LogP contribution >= 0.6 is 19.4 Å². The Morgan fingerprint density at radius 3 is 2.55 bits per heavy atom. The number of furan rings is 1. The molecule has 6 nitrogen and oxygen atoms in total. The summed E-state index contributed by atoms with van der Waals surface area (Å²) >= 11 is 1.03. The highest BCUT2D eigenvalue weighted by Crippen LogP contribution is 2.51. The zero-order valence-corrected chi connectivity index (χ0v) is 13.3. The third-order valence-corrected chi connectivity index (χ3v) is 4.87. The fourth-order valence-electron chi connectivity index (χ4n) is 1.51.